The maximum atomic E-state index is 13.7. The Balaban J connectivity index is 7.32. The molecule has 0 aromatic heterocycles. The number of ether oxygens (including phenoxy) is 1. The summed E-state index contributed by atoms with van der Waals surface area (Å²) in [5, 5.41) is 0. The van der Waals surface area contributed by atoms with Gasteiger partial charge in [0.05, 0.1) is 0 Å². The van der Waals surface area contributed by atoms with Crippen molar-refractivity contribution in [2.24, 2.45) is 0 Å². The average molecular weight is 718 g/mol. The van der Waals surface area contributed by atoms with E-state index in [1.165, 1.54) is 0 Å². The van der Waals surface area contributed by atoms with E-state index in [-0.39, 0.29) is 0 Å². The highest BCUT2D eigenvalue weighted by atomic mass is 19.4. The van der Waals surface area contributed by atoms with Gasteiger partial charge in [-0.05, 0) is 13.8 Å². The standard InChI is InChI=1S/C17H7F25O2/c1-3-4(2)5(43)44-17(41,42)15(36,37)13(32,33)11(28,29)9(24,25)7(20,21)6(18,19)8(22,23)10(26,27)12(30,31)14(34,35)16(38,39)40/h3H,1-2H3. The lowest BCUT2D eigenvalue weighted by Crippen LogP contribution is -2.78. The van der Waals surface area contributed by atoms with Gasteiger partial charge in [-0.2, -0.15) is 110 Å². The van der Waals surface area contributed by atoms with Gasteiger partial charge in [0.2, 0.25) is 0 Å². The zero-order chi connectivity index (χ0) is 36.6. The first-order valence-electron chi connectivity index (χ1n) is 9.70. The van der Waals surface area contributed by atoms with E-state index in [2.05, 4.69) is 4.74 Å². The highest BCUT2D eigenvalue weighted by molar-refractivity contribution is 5.87. The number of alkyl halides is 25. The molecule has 27 heteroatoms. The Morgan fingerprint density at radius 2 is 0.614 bits per heavy atom. The van der Waals surface area contributed by atoms with E-state index in [0.29, 0.717) is 19.9 Å². The van der Waals surface area contributed by atoms with Crippen molar-refractivity contribution in [1.82, 2.24) is 0 Å². The van der Waals surface area contributed by atoms with E-state index in [1.54, 1.807) is 0 Å². The Bertz CT molecular complexity index is 1110. The molecular weight excluding hydrogens is 711 g/mol. The fraction of sp³-hybridized carbons (Fsp3) is 0.824. The van der Waals surface area contributed by atoms with Crippen LogP contribution in [0.4, 0.5) is 110 Å². The summed E-state index contributed by atoms with van der Waals surface area (Å²) < 4.78 is 335. The lowest BCUT2D eigenvalue weighted by atomic mass is 9.85. The summed E-state index contributed by atoms with van der Waals surface area (Å²) in [7, 11) is 0. The Hall–Kier alpha value is -2.54. The Morgan fingerprint density at radius 3 is 0.818 bits per heavy atom. The molecule has 2 nitrogen and oxygen atoms in total. The minimum atomic E-state index is -9.66. The normalized spacial score (nSPS) is 16.8. The van der Waals surface area contributed by atoms with Crippen LogP contribution >= 0.6 is 0 Å². The molecule has 0 aliphatic rings. The van der Waals surface area contributed by atoms with Crippen molar-refractivity contribution in [3.8, 4) is 0 Å². The van der Waals surface area contributed by atoms with Gasteiger partial charge >= 0.3 is 77.5 Å². The monoisotopic (exact) mass is 718 g/mol. The van der Waals surface area contributed by atoms with Crippen molar-refractivity contribution in [2.75, 3.05) is 0 Å². The smallest absolute Gasteiger partial charge is 0.393 e. The fourth-order valence-electron chi connectivity index (χ4n) is 2.32. The van der Waals surface area contributed by atoms with E-state index in [0.717, 1.165) is 0 Å². The van der Waals surface area contributed by atoms with Crippen LogP contribution in [-0.2, 0) is 9.53 Å². The van der Waals surface area contributed by atoms with Crippen molar-refractivity contribution in [1.29, 1.82) is 0 Å². The van der Waals surface area contributed by atoms with E-state index in [1.807, 2.05) is 0 Å². The predicted octanol–water partition coefficient (Wildman–Crippen LogP) is 9.00. The maximum Gasteiger partial charge on any atom is 0.473 e. The first kappa shape index (κ1) is 41.5. The summed E-state index contributed by atoms with van der Waals surface area (Å²) in [5.41, 5.74) is -1.30. The average Bonchev–Trinajstić information content (AvgIpc) is 2.80. The minimum Gasteiger partial charge on any atom is -0.393 e. The number of hydrogen-bond acceptors (Lipinski definition) is 2. The lowest BCUT2D eigenvalue weighted by Gasteiger charge is -2.45. The Kier molecular flexibility index (Phi) is 9.89. The van der Waals surface area contributed by atoms with Gasteiger partial charge in [0.1, 0.15) is 0 Å². The van der Waals surface area contributed by atoms with Crippen molar-refractivity contribution in [3.63, 3.8) is 0 Å². The SMILES string of the molecule is CC=C(C)C(=O)OC(F)(F)C(F)(F)C(F)(F)C(F)(F)C(F)(F)C(F)(F)C(F)(F)C(F)(F)C(F)(F)C(F)(F)C(F)(F)C(F)(F)F. The summed E-state index contributed by atoms with van der Waals surface area (Å²) in [4.78, 5) is 11.1. The van der Waals surface area contributed by atoms with Crippen LogP contribution in [0.1, 0.15) is 13.8 Å². The van der Waals surface area contributed by atoms with Crippen LogP contribution in [0.3, 0.4) is 0 Å². The number of carbonyl (C=O) groups excluding carboxylic acids is 1. The van der Waals surface area contributed by atoms with Crippen LogP contribution in [0, 0.1) is 0 Å². The predicted molar refractivity (Wildman–Crippen MR) is 86.0 cm³/mol. The molecule has 0 rings (SSSR count). The molecule has 0 heterocycles. The van der Waals surface area contributed by atoms with Gasteiger partial charge in [0, 0.05) is 5.57 Å². The summed E-state index contributed by atoms with van der Waals surface area (Å²) >= 11 is 0. The molecule has 0 atom stereocenters. The quantitative estimate of drug-likeness (QED) is 0.115. The molecular formula is C17H7F25O2. The van der Waals surface area contributed by atoms with Crippen LogP contribution < -0.4 is 0 Å². The molecule has 0 aliphatic carbocycles. The molecule has 0 unspecified atom stereocenters. The second kappa shape index (κ2) is 10.5. The van der Waals surface area contributed by atoms with Gasteiger partial charge in [-0.1, -0.05) is 6.08 Å². The Morgan fingerprint density at radius 1 is 0.409 bits per heavy atom. The summed E-state index contributed by atoms with van der Waals surface area (Å²) in [5.74, 6) is -95.5. The fourth-order valence-corrected chi connectivity index (χ4v) is 2.32. The molecule has 0 bridgehead atoms. The molecule has 0 saturated heterocycles. The Labute approximate surface area is 223 Å². The topological polar surface area (TPSA) is 26.3 Å². The molecule has 0 N–H and O–H groups in total. The van der Waals surface area contributed by atoms with Crippen molar-refractivity contribution >= 4 is 5.97 Å². The van der Waals surface area contributed by atoms with Crippen LogP contribution in [0.5, 0.6) is 0 Å². The van der Waals surface area contributed by atoms with Crippen LogP contribution in [0.2, 0.25) is 0 Å². The number of halogens is 25. The van der Waals surface area contributed by atoms with E-state index in [9.17, 15) is 115 Å². The summed E-state index contributed by atoms with van der Waals surface area (Å²) in [6, 6.07) is 0. The molecule has 0 spiro atoms. The van der Waals surface area contributed by atoms with E-state index in [4.69, 9.17) is 0 Å². The molecule has 0 aliphatic heterocycles. The third kappa shape index (κ3) is 5.05. The molecule has 0 radical (unpaired) electrons. The zero-order valence-corrected chi connectivity index (χ0v) is 19.8. The molecule has 0 saturated carbocycles. The first-order chi connectivity index (χ1) is 18.6. The molecule has 262 valence electrons. The number of hydrogen-bond donors (Lipinski definition) is 0. The highest BCUT2D eigenvalue weighted by Crippen LogP contribution is 2.67. The van der Waals surface area contributed by atoms with Gasteiger partial charge in [0.25, 0.3) is 0 Å². The highest BCUT2D eigenvalue weighted by Gasteiger charge is 2.99. The maximum absolute atomic E-state index is 13.7. The molecule has 0 aromatic carbocycles. The lowest BCUT2D eigenvalue weighted by molar-refractivity contribution is -0.487. The third-order valence-electron chi connectivity index (χ3n) is 5.25. The second-order valence-corrected chi connectivity index (χ2v) is 8.12. The largest absolute Gasteiger partial charge is 0.473 e. The van der Waals surface area contributed by atoms with Gasteiger partial charge in [-0.15, -0.1) is 0 Å². The number of rotatable bonds is 12. The number of esters is 1. The molecule has 44 heavy (non-hydrogen) atoms. The van der Waals surface area contributed by atoms with Crippen LogP contribution in [0.15, 0.2) is 11.6 Å². The molecule has 0 amide bonds. The minimum absolute atomic E-state index is 0.324. The van der Waals surface area contributed by atoms with Crippen LogP contribution in [-0.4, -0.2) is 77.5 Å². The van der Waals surface area contributed by atoms with Gasteiger partial charge in [-0.25, -0.2) is 4.79 Å². The number of carbonyl (C=O) groups is 1. The zero-order valence-electron chi connectivity index (χ0n) is 19.8. The van der Waals surface area contributed by atoms with E-state index < -0.39 is 83.1 Å². The van der Waals surface area contributed by atoms with Crippen molar-refractivity contribution in [2.45, 2.75) is 85.4 Å². The third-order valence-corrected chi connectivity index (χ3v) is 5.25. The summed E-state index contributed by atoms with van der Waals surface area (Å²) in [6.45, 7) is 1.00. The van der Waals surface area contributed by atoms with Crippen LogP contribution in [0.25, 0.3) is 0 Å². The van der Waals surface area contributed by atoms with Crippen molar-refractivity contribution < 1.29 is 119 Å². The first-order valence-corrected chi connectivity index (χ1v) is 9.70. The van der Waals surface area contributed by atoms with E-state index >= 15 is 0 Å². The second-order valence-electron chi connectivity index (χ2n) is 8.12. The summed E-state index contributed by atoms with van der Waals surface area (Å²) in [6.07, 6.45) is -15.4. The van der Waals surface area contributed by atoms with Gasteiger partial charge in [-0.3, -0.25) is 0 Å². The number of allylic oxidation sites excluding steroid dienone is 1. The molecule has 0 fully saturated rings. The molecule has 0 aromatic rings. The van der Waals surface area contributed by atoms with Gasteiger partial charge in [0.15, 0.2) is 0 Å². The van der Waals surface area contributed by atoms with Crippen molar-refractivity contribution in [3.05, 3.63) is 11.6 Å². The van der Waals surface area contributed by atoms with Gasteiger partial charge < -0.3 is 4.74 Å².